The van der Waals surface area contributed by atoms with Crippen molar-refractivity contribution in [3.8, 4) is 0 Å². The molecule has 206 valence electrons. The number of hydrogen-bond acceptors (Lipinski definition) is 5. The van der Waals surface area contributed by atoms with Crippen molar-refractivity contribution in [3.05, 3.63) is 41.6 Å². The zero-order chi connectivity index (χ0) is 27.6. The average molecular weight is 540 g/mol. The van der Waals surface area contributed by atoms with Gasteiger partial charge in [-0.25, -0.2) is 14.2 Å². The van der Waals surface area contributed by atoms with Gasteiger partial charge >= 0.3 is 12.2 Å². The van der Waals surface area contributed by atoms with Gasteiger partial charge in [0.15, 0.2) is 0 Å². The highest BCUT2D eigenvalue weighted by Crippen LogP contribution is 2.31. The minimum Gasteiger partial charge on any atom is -0.339 e. The van der Waals surface area contributed by atoms with Gasteiger partial charge in [0.2, 0.25) is 5.91 Å². The molecular formula is C24H29F4N7O3. The molecule has 38 heavy (non-hydrogen) atoms. The summed E-state index contributed by atoms with van der Waals surface area (Å²) < 4.78 is 54.8. The van der Waals surface area contributed by atoms with E-state index < -0.39 is 55.0 Å². The van der Waals surface area contributed by atoms with Crippen LogP contribution in [0.1, 0.15) is 48.7 Å². The molecule has 0 unspecified atom stereocenters. The highest BCUT2D eigenvalue weighted by molar-refractivity contribution is 6.00. The van der Waals surface area contributed by atoms with Crippen molar-refractivity contribution in [1.29, 1.82) is 0 Å². The van der Waals surface area contributed by atoms with Crippen LogP contribution in [0.5, 0.6) is 0 Å². The molecule has 1 saturated carbocycles. The Morgan fingerprint density at radius 1 is 1.24 bits per heavy atom. The van der Waals surface area contributed by atoms with E-state index in [4.69, 9.17) is 0 Å². The zero-order valence-electron chi connectivity index (χ0n) is 20.9. The maximum absolute atomic E-state index is 14.5. The fraction of sp³-hybridized carbons (Fsp3) is 0.542. The third kappa shape index (κ3) is 6.22. The largest absolute Gasteiger partial charge is 0.410 e. The number of hydrogen-bond donors (Lipinski definition) is 3. The number of carbonyl (C=O) groups is 3. The number of carbonyl (C=O) groups excluding carboxylic acids is 3. The molecule has 10 nitrogen and oxygen atoms in total. The van der Waals surface area contributed by atoms with Gasteiger partial charge in [-0.2, -0.15) is 18.3 Å². The first kappa shape index (κ1) is 27.3. The van der Waals surface area contributed by atoms with E-state index in [1.807, 2.05) is 5.32 Å². The Kier molecular flexibility index (Phi) is 7.88. The second-order valence-electron chi connectivity index (χ2n) is 9.89. The summed E-state index contributed by atoms with van der Waals surface area (Å²) in [6.07, 6.45) is 0.887. The second kappa shape index (κ2) is 11.0. The Balaban J connectivity index is 1.49. The van der Waals surface area contributed by atoms with Crippen LogP contribution < -0.4 is 16.0 Å². The number of aryl methyl sites for hydroxylation is 1. The number of aromatic nitrogens is 3. The van der Waals surface area contributed by atoms with Crippen molar-refractivity contribution in [2.24, 2.45) is 18.9 Å². The number of amides is 4. The van der Waals surface area contributed by atoms with Crippen LogP contribution >= 0.6 is 0 Å². The topological polar surface area (TPSA) is 121 Å². The SMILES string of the molecule is CC1CCC([C@H](NC(=O)c2ccnn2C)C(=O)Nc2cc(CN3C[C@@H](C(F)(F)F)NC3=O)c(F)cn2)CC1. The van der Waals surface area contributed by atoms with Crippen LogP contribution in [0, 0.1) is 17.7 Å². The van der Waals surface area contributed by atoms with Crippen LogP contribution in [0.25, 0.3) is 0 Å². The second-order valence-corrected chi connectivity index (χ2v) is 9.89. The predicted molar refractivity (Wildman–Crippen MR) is 127 cm³/mol. The molecule has 4 rings (SSSR count). The molecule has 3 heterocycles. The number of nitrogens with zero attached hydrogens (tertiary/aromatic N) is 4. The van der Waals surface area contributed by atoms with Gasteiger partial charge in [0.1, 0.15) is 29.4 Å². The first-order chi connectivity index (χ1) is 17.9. The van der Waals surface area contributed by atoms with E-state index >= 15 is 0 Å². The molecule has 2 aromatic rings. The lowest BCUT2D eigenvalue weighted by Crippen LogP contribution is -2.49. The molecule has 2 aliphatic rings. The van der Waals surface area contributed by atoms with Crippen molar-refractivity contribution in [3.63, 3.8) is 0 Å². The number of anilines is 1. The summed E-state index contributed by atoms with van der Waals surface area (Å²) >= 11 is 0. The van der Waals surface area contributed by atoms with E-state index in [0.717, 1.165) is 36.8 Å². The van der Waals surface area contributed by atoms with Crippen molar-refractivity contribution in [2.75, 3.05) is 11.9 Å². The molecule has 1 aliphatic heterocycles. The van der Waals surface area contributed by atoms with Crippen LogP contribution in [-0.4, -0.2) is 62.3 Å². The van der Waals surface area contributed by atoms with Gasteiger partial charge in [0, 0.05) is 18.8 Å². The van der Waals surface area contributed by atoms with Crippen LogP contribution in [0.15, 0.2) is 24.5 Å². The number of alkyl halides is 3. The predicted octanol–water partition coefficient (Wildman–Crippen LogP) is 2.97. The lowest BCUT2D eigenvalue weighted by atomic mass is 9.79. The third-order valence-corrected chi connectivity index (χ3v) is 7.08. The van der Waals surface area contributed by atoms with Crippen LogP contribution in [-0.2, 0) is 18.4 Å². The van der Waals surface area contributed by atoms with Gasteiger partial charge in [0.25, 0.3) is 5.91 Å². The molecule has 1 saturated heterocycles. The molecule has 2 atom stereocenters. The van der Waals surface area contributed by atoms with Crippen LogP contribution in [0.2, 0.25) is 0 Å². The van der Waals surface area contributed by atoms with E-state index in [9.17, 15) is 31.9 Å². The maximum atomic E-state index is 14.5. The molecule has 0 radical (unpaired) electrons. The van der Waals surface area contributed by atoms with Gasteiger partial charge in [-0.1, -0.05) is 19.8 Å². The van der Waals surface area contributed by atoms with Crippen LogP contribution in [0.4, 0.5) is 28.2 Å². The first-order valence-electron chi connectivity index (χ1n) is 12.3. The standard InChI is InChI=1S/C24H29F4N7O3/c1-13-3-5-14(6-4-13)20(33-21(36)17-7-8-30-34(17)2)22(37)32-19-9-15(16(25)10-29-19)11-35-12-18(24(26,27)28)31-23(35)38/h7-10,13-14,18,20H,3-6,11-12H2,1-2H3,(H,31,38)(H,33,36)(H,29,32,37)/t13?,14?,18-,20-/m0/s1. The fourth-order valence-corrected chi connectivity index (χ4v) is 4.82. The van der Waals surface area contributed by atoms with Crippen molar-refractivity contribution in [2.45, 2.75) is 57.4 Å². The lowest BCUT2D eigenvalue weighted by Gasteiger charge is -2.32. The Hall–Kier alpha value is -3.71. The molecule has 2 fully saturated rings. The Bertz CT molecular complexity index is 1190. The first-order valence-corrected chi connectivity index (χ1v) is 12.3. The molecular weight excluding hydrogens is 510 g/mol. The highest BCUT2D eigenvalue weighted by Gasteiger charge is 2.47. The number of nitrogens with one attached hydrogen (secondary N) is 3. The summed E-state index contributed by atoms with van der Waals surface area (Å²) in [5, 5.41) is 11.2. The average Bonchev–Trinajstić information content (AvgIpc) is 3.45. The third-order valence-electron chi connectivity index (χ3n) is 7.08. The van der Waals surface area contributed by atoms with Gasteiger partial charge < -0.3 is 20.9 Å². The summed E-state index contributed by atoms with van der Waals surface area (Å²) in [6, 6.07) is -1.24. The number of rotatable bonds is 7. The quantitative estimate of drug-likeness (QED) is 0.468. The summed E-state index contributed by atoms with van der Waals surface area (Å²) in [5.41, 5.74) is 0.158. The minimum absolute atomic E-state index is 0.0534. The Morgan fingerprint density at radius 2 is 1.95 bits per heavy atom. The van der Waals surface area contributed by atoms with E-state index in [2.05, 4.69) is 27.6 Å². The Morgan fingerprint density at radius 3 is 2.55 bits per heavy atom. The van der Waals surface area contributed by atoms with Gasteiger partial charge in [-0.3, -0.25) is 14.3 Å². The smallest absolute Gasteiger partial charge is 0.339 e. The van der Waals surface area contributed by atoms with Crippen molar-refractivity contribution in [1.82, 2.24) is 30.3 Å². The normalized spacial score (nSPS) is 22.6. The molecule has 2 aromatic heterocycles. The van der Waals surface area contributed by atoms with Gasteiger partial charge in [-0.05, 0) is 36.8 Å². The zero-order valence-corrected chi connectivity index (χ0v) is 20.9. The Labute approximate surface area is 216 Å². The van der Waals surface area contributed by atoms with Gasteiger partial charge in [-0.15, -0.1) is 0 Å². The number of urea groups is 1. The summed E-state index contributed by atoms with van der Waals surface area (Å²) in [7, 11) is 1.60. The van der Waals surface area contributed by atoms with Crippen molar-refractivity contribution >= 4 is 23.7 Å². The van der Waals surface area contributed by atoms with E-state index in [-0.39, 0.29) is 23.0 Å². The summed E-state index contributed by atoms with van der Waals surface area (Å²) in [6.45, 7) is 1.01. The number of pyridine rings is 1. The number of halogens is 4. The summed E-state index contributed by atoms with van der Waals surface area (Å²) in [4.78, 5) is 42.9. The molecule has 0 aromatic carbocycles. The van der Waals surface area contributed by atoms with Crippen molar-refractivity contribution < 1.29 is 31.9 Å². The fourth-order valence-electron chi connectivity index (χ4n) is 4.82. The monoisotopic (exact) mass is 539 g/mol. The molecule has 4 amide bonds. The van der Waals surface area contributed by atoms with Gasteiger partial charge in [0.05, 0.1) is 19.3 Å². The molecule has 0 spiro atoms. The van der Waals surface area contributed by atoms with Crippen LogP contribution in [0.3, 0.4) is 0 Å². The molecule has 3 N–H and O–H groups in total. The molecule has 14 heteroatoms. The lowest BCUT2D eigenvalue weighted by molar-refractivity contribution is -0.149. The molecule has 0 bridgehead atoms. The minimum atomic E-state index is -4.63. The van der Waals surface area contributed by atoms with E-state index in [1.54, 1.807) is 7.05 Å². The van der Waals surface area contributed by atoms with E-state index in [1.165, 1.54) is 23.0 Å². The molecule has 1 aliphatic carbocycles. The van der Waals surface area contributed by atoms with E-state index in [0.29, 0.717) is 5.92 Å². The maximum Gasteiger partial charge on any atom is 0.410 e. The summed E-state index contributed by atoms with van der Waals surface area (Å²) in [5.74, 6) is -1.56. The highest BCUT2D eigenvalue weighted by atomic mass is 19.4.